The standard InChI is InChI=1S/C25H23F2N5O3S/c1-14(2)36(33,34)18-9-10-19(20(11-18)23(26)27)21-13-29-15(3)22(30-21)25-32-31-24(35-25)17-7-5-16(6-8-17)12-28-4/h5,7,9-11,13-14,23,28H,12H2,1-4H3. The summed E-state index contributed by atoms with van der Waals surface area (Å²) in [6, 6.07) is 13.2. The van der Waals surface area contributed by atoms with Crippen molar-refractivity contribution in [3.8, 4) is 34.3 Å². The Morgan fingerprint density at radius 2 is 1.83 bits per heavy atom. The molecule has 4 aromatic rings. The van der Waals surface area contributed by atoms with Crippen molar-refractivity contribution in [1.82, 2.24) is 25.5 Å². The SMILES string of the molecule is CNCc1c#cc(-c2nnc(-c3nc(-c4ccc(S(=O)(=O)C(C)C)cc4C(F)F)cnc3C)o2)cc1. The summed E-state index contributed by atoms with van der Waals surface area (Å²) in [5, 5.41) is 10.4. The van der Waals surface area contributed by atoms with E-state index >= 15 is 0 Å². The van der Waals surface area contributed by atoms with Gasteiger partial charge in [0.2, 0.25) is 0 Å². The van der Waals surface area contributed by atoms with Gasteiger partial charge in [-0.25, -0.2) is 22.2 Å². The number of hydrogen-bond acceptors (Lipinski definition) is 8. The molecular formula is C25H23F2N5O3S. The summed E-state index contributed by atoms with van der Waals surface area (Å²) < 4.78 is 58.7. The van der Waals surface area contributed by atoms with E-state index in [2.05, 4.69) is 37.6 Å². The van der Waals surface area contributed by atoms with Crippen LogP contribution in [-0.2, 0) is 16.4 Å². The number of alkyl halides is 2. The number of sulfone groups is 1. The molecule has 2 aromatic heterocycles. The van der Waals surface area contributed by atoms with Crippen LogP contribution in [0.1, 0.15) is 37.1 Å². The van der Waals surface area contributed by atoms with E-state index in [1.165, 1.54) is 32.2 Å². The second-order valence-corrected chi connectivity index (χ2v) is 10.8. The topological polar surface area (TPSA) is 111 Å². The van der Waals surface area contributed by atoms with E-state index in [-0.39, 0.29) is 33.6 Å². The Kier molecular flexibility index (Phi) is 7.10. The van der Waals surface area contributed by atoms with E-state index in [0.29, 0.717) is 17.8 Å². The van der Waals surface area contributed by atoms with Crippen LogP contribution in [0.3, 0.4) is 0 Å². The molecule has 186 valence electrons. The van der Waals surface area contributed by atoms with Crippen molar-refractivity contribution in [2.24, 2.45) is 0 Å². The zero-order valence-electron chi connectivity index (χ0n) is 20.0. The minimum Gasteiger partial charge on any atom is -0.414 e. The second kappa shape index (κ2) is 10.1. The van der Waals surface area contributed by atoms with Gasteiger partial charge in [-0.05, 0) is 52.1 Å². The first-order valence-electron chi connectivity index (χ1n) is 11.0. The molecule has 0 atom stereocenters. The normalized spacial score (nSPS) is 11.8. The zero-order chi connectivity index (χ0) is 26.0. The summed E-state index contributed by atoms with van der Waals surface area (Å²) in [6.45, 7) is 5.30. The number of benzene rings is 1. The predicted octanol–water partition coefficient (Wildman–Crippen LogP) is 4.61. The van der Waals surface area contributed by atoms with Gasteiger partial charge in [0.05, 0.1) is 33.3 Å². The van der Waals surface area contributed by atoms with Crippen LogP contribution >= 0.6 is 0 Å². The Morgan fingerprint density at radius 3 is 2.47 bits per heavy atom. The minimum absolute atomic E-state index is 0.0576. The van der Waals surface area contributed by atoms with E-state index in [4.69, 9.17) is 4.42 Å². The quantitative estimate of drug-likeness (QED) is 0.365. The van der Waals surface area contributed by atoms with Crippen LogP contribution in [0.15, 0.2) is 45.8 Å². The molecule has 0 aliphatic heterocycles. The monoisotopic (exact) mass is 511 g/mol. The Morgan fingerprint density at radius 1 is 1.08 bits per heavy atom. The summed E-state index contributed by atoms with van der Waals surface area (Å²) >= 11 is 0. The first-order valence-corrected chi connectivity index (χ1v) is 12.6. The van der Waals surface area contributed by atoms with Gasteiger partial charge in [-0.15, -0.1) is 10.2 Å². The summed E-state index contributed by atoms with van der Waals surface area (Å²) in [5.74, 6) is 0.252. The molecule has 11 heteroatoms. The van der Waals surface area contributed by atoms with Crippen LogP contribution in [-0.4, -0.2) is 40.9 Å². The predicted molar refractivity (Wildman–Crippen MR) is 129 cm³/mol. The first kappa shape index (κ1) is 25.3. The molecule has 0 unspecified atom stereocenters. The van der Waals surface area contributed by atoms with Gasteiger partial charge in [0.15, 0.2) is 9.84 Å². The third-order valence-electron chi connectivity index (χ3n) is 5.47. The molecule has 0 saturated carbocycles. The molecule has 2 aromatic carbocycles. The van der Waals surface area contributed by atoms with Gasteiger partial charge in [0.25, 0.3) is 18.2 Å². The molecule has 0 fully saturated rings. The number of aryl methyl sites for hydroxylation is 1. The summed E-state index contributed by atoms with van der Waals surface area (Å²) in [5.41, 5.74) is 1.85. The molecule has 2 heterocycles. The highest BCUT2D eigenvalue weighted by Crippen LogP contribution is 2.34. The van der Waals surface area contributed by atoms with Crippen molar-refractivity contribution in [3.05, 3.63) is 65.5 Å². The Bertz CT molecular complexity index is 1490. The molecule has 0 amide bonds. The lowest BCUT2D eigenvalue weighted by Gasteiger charge is -2.13. The number of nitrogens with one attached hydrogen (secondary N) is 1. The highest BCUT2D eigenvalue weighted by atomic mass is 32.2. The van der Waals surface area contributed by atoms with Crippen LogP contribution in [0, 0.1) is 19.1 Å². The summed E-state index contributed by atoms with van der Waals surface area (Å²) in [4.78, 5) is 8.56. The van der Waals surface area contributed by atoms with Crippen molar-refractivity contribution in [2.75, 3.05) is 7.05 Å². The Balaban J connectivity index is 1.73. The maximum Gasteiger partial charge on any atom is 0.268 e. The van der Waals surface area contributed by atoms with Crippen LogP contribution in [0.5, 0.6) is 0 Å². The number of hydrogen-bond donors (Lipinski definition) is 1. The maximum absolute atomic E-state index is 14.0. The number of halogens is 2. The first-order chi connectivity index (χ1) is 17.1. The third kappa shape index (κ3) is 4.96. The molecule has 36 heavy (non-hydrogen) atoms. The third-order valence-corrected chi connectivity index (χ3v) is 7.62. The highest BCUT2D eigenvalue weighted by molar-refractivity contribution is 7.92. The zero-order valence-corrected chi connectivity index (χ0v) is 20.8. The lowest BCUT2D eigenvalue weighted by molar-refractivity contribution is 0.151. The Hall–Kier alpha value is -3.75. The van der Waals surface area contributed by atoms with Gasteiger partial charge in [-0.1, -0.05) is 18.2 Å². The number of aromatic nitrogens is 4. The van der Waals surface area contributed by atoms with Crippen LogP contribution in [0.2, 0.25) is 0 Å². The van der Waals surface area contributed by atoms with Crippen molar-refractivity contribution >= 4 is 9.84 Å². The van der Waals surface area contributed by atoms with Gasteiger partial charge in [0.1, 0.15) is 5.69 Å². The molecule has 1 N–H and O–H groups in total. The Labute approximate surface area is 207 Å². The largest absolute Gasteiger partial charge is 0.414 e. The van der Waals surface area contributed by atoms with E-state index in [0.717, 1.165) is 11.6 Å². The minimum atomic E-state index is -3.73. The number of rotatable bonds is 8. The molecule has 0 aliphatic rings. The van der Waals surface area contributed by atoms with Gasteiger partial charge in [-0.2, -0.15) is 0 Å². The smallest absolute Gasteiger partial charge is 0.268 e. The highest BCUT2D eigenvalue weighted by Gasteiger charge is 2.25. The maximum atomic E-state index is 14.0. The molecule has 0 aliphatic carbocycles. The molecule has 0 saturated heterocycles. The fraction of sp³-hybridized carbons (Fsp3) is 0.280. The van der Waals surface area contributed by atoms with Crippen molar-refractivity contribution in [2.45, 2.75) is 43.9 Å². The van der Waals surface area contributed by atoms with Gasteiger partial charge >= 0.3 is 0 Å². The lowest BCUT2D eigenvalue weighted by Crippen LogP contribution is -2.14. The average molecular weight is 512 g/mol. The van der Waals surface area contributed by atoms with Crippen molar-refractivity contribution in [1.29, 1.82) is 0 Å². The summed E-state index contributed by atoms with van der Waals surface area (Å²) in [6.07, 6.45) is -1.58. The van der Waals surface area contributed by atoms with E-state index < -0.39 is 27.1 Å². The van der Waals surface area contributed by atoms with Crippen LogP contribution in [0.25, 0.3) is 34.3 Å². The van der Waals surface area contributed by atoms with Gasteiger partial charge in [0, 0.05) is 23.2 Å². The molecule has 0 spiro atoms. The van der Waals surface area contributed by atoms with Crippen molar-refractivity contribution in [3.63, 3.8) is 0 Å². The van der Waals surface area contributed by atoms with Gasteiger partial charge < -0.3 is 9.73 Å². The fourth-order valence-corrected chi connectivity index (χ4v) is 4.54. The van der Waals surface area contributed by atoms with Gasteiger partial charge in [-0.3, -0.25) is 4.98 Å². The molecule has 8 nitrogen and oxygen atoms in total. The van der Waals surface area contributed by atoms with E-state index in [1.54, 1.807) is 13.0 Å². The van der Waals surface area contributed by atoms with E-state index in [9.17, 15) is 17.2 Å². The molecule has 0 radical (unpaired) electrons. The average Bonchev–Trinajstić information content (AvgIpc) is 3.34. The van der Waals surface area contributed by atoms with Crippen LogP contribution < -0.4 is 5.32 Å². The summed E-state index contributed by atoms with van der Waals surface area (Å²) in [7, 11) is -1.90. The molecular weight excluding hydrogens is 488 g/mol. The molecule has 4 rings (SSSR count). The fourth-order valence-electron chi connectivity index (χ4n) is 3.45. The molecule has 0 bridgehead atoms. The lowest BCUT2D eigenvalue weighted by atomic mass is 10.0. The van der Waals surface area contributed by atoms with E-state index in [1.807, 2.05) is 13.1 Å². The second-order valence-electron chi connectivity index (χ2n) is 8.30. The number of nitrogens with zero attached hydrogens (tertiary/aromatic N) is 4. The van der Waals surface area contributed by atoms with Crippen LogP contribution in [0.4, 0.5) is 8.78 Å². The van der Waals surface area contributed by atoms with Crippen molar-refractivity contribution < 1.29 is 21.6 Å².